The van der Waals surface area contributed by atoms with Crippen molar-refractivity contribution >= 4 is 5.78 Å². The first kappa shape index (κ1) is 13.6. The van der Waals surface area contributed by atoms with Crippen LogP contribution in [0, 0.1) is 0 Å². The van der Waals surface area contributed by atoms with Crippen molar-refractivity contribution in [3.8, 4) is 11.7 Å². The molecule has 0 saturated carbocycles. The third-order valence-electron chi connectivity index (χ3n) is 2.94. The van der Waals surface area contributed by atoms with E-state index in [0.717, 1.165) is 5.56 Å². The predicted molar refractivity (Wildman–Crippen MR) is 73.6 cm³/mol. The SMILES string of the molecule is CC(C)(C)c1noc(-c2nc3ncc(CCO)cn3n2)n1. The Morgan fingerprint density at radius 3 is 2.76 bits per heavy atom. The van der Waals surface area contributed by atoms with E-state index in [-0.39, 0.29) is 17.9 Å². The first-order valence-corrected chi connectivity index (χ1v) is 6.64. The highest BCUT2D eigenvalue weighted by atomic mass is 16.5. The smallest absolute Gasteiger partial charge is 0.297 e. The number of hydrogen-bond acceptors (Lipinski definition) is 7. The number of hydrogen-bond donors (Lipinski definition) is 1. The van der Waals surface area contributed by atoms with E-state index >= 15 is 0 Å². The van der Waals surface area contributed by atoms with Crippen molar-refractivity contribution < 1.29 is 9.63 Å². The van der Waals surface area contributed by atoms with Gasteiger partial charge in [0.2, 0.25) is 5.82 Å². The first-order chi connectivity index (χ1) is 9.97. The van der Waals surface area contributed by atoms with Crippen molar-refractivity contribution in [2.24, 2.45) is 0 Å². The molecule has 0 aromatic carbocycles. The quantitative estimate of drug-likeness (QED) is 0.767. The van der Waals surface area contributed by atoms with Gasteiger partial charge in [-0.2, -0.15) is 9.97 Å². The summed E-state index contributed by atoms with van der Waals surface area (Å²) in [7, 11) is 0. The Labute approximate surface area is 120 Å². The molecule has 0 radical (unpaired) electrons. The molecular weight excluding hydrogens is 272 g/mol. The average Bonchev–Trinajstić information content (AvgIpc) is 3.04. The summed E-state index contributed by atoms with van der Waals surface area (Å²) < 4.78 is 6.76. The summed E-state index contributed by atoms with van der Waals surface area (Å²) in [5.74, 6) is 1.66. The second-order valence-corrected chi connectivity index (χ2v) is 5.79. The Balaban J connectivity index is 1.99. The Morgan fingerprint density at radius 1 is 1.29 bits per heavy atom. The van der Waals surface area contributed by atoms with Crippen LogP contribution in [0.15, 0.2) is 16.9 Å². The lowest BCUT2D eigenvalue weighted by molar-refractivity contribution is 0.299. The minimum Gasteiger partial charge on any atom is -0.396 e. The van der Waals surface area contributed by atoms with Crippen LogP contribution in [-0.2, 0) is 11.8 Å². The molecule has 0 atom stereocenters. The van der Waals surface area contributed by atoms with Crippen LogP contribution in [0.4, 0.5) is 0 Å². The van der Waals surface area contributed by atoms with Gasteiger partial charge in [-0.15, -0.1) is 5.10 Å². The maximum absolute atomic E-state index is 8.95. The van der Waals surface area contributed by atoms with Crippen molar-refractivity contribution in [1.82, 2.24) is 29.7 Å². The maximum atomic E-state index is 8.95. The summed E-state index contributed by atoms with van der Waals surface area (Å²) in [4.78, 5) is 12.8. The second-order valence-electron chi connectivity index (χ2n) is 5.79. The van der Waals surface area contributed by atoms with Crippen LogP contribution >= 0.6 is 0 Å². The van der Waals surface area contributed by atoms with E-state index in [1.54, 1.807) is 16.9 Å². The monoisotopic (exact) mass is 288 g/mol. The maximum Gasteiger partial charge on any atom is 0.297 e. The molecule has 8 heteroatoms. The highest BCUT2D eigenvalue weighted by molar-refractivity contribution is 5.45. The fourth-order valence-corrected chi connectivity index (χ4v) is 1.79. The summed E-state index contributed by atoms with van der Waals surface area (Å²) in [5, 5.41) is 17.2. The molecule has 8 nitrogen and oxygen atoms in total. The van der Waals surface area contributed by atoms with Gasteiger partial charge < -0.3 is 9.63 Å². The second kappa shape index (κ2) is 4.88. The lowest BCUT2D eigenvalue weighted by Gasteiger charge is -2.10. The van der Waals surface area contributed by atoms with Crippen LogP contribution in [0.25, 0.3) is 17.5 Å². The molecule has 1 N–H and O–H groups in total. The normalized spacial score (nSPS) is 12.2. The van der Waals surface area contributed by atoms with E-state index in [2.05, 4.69) is 25.2 Å². The van der Waals surface area contributed by atoms with Crippen LogP contribution in [0.3, 0.4) is 0 Å². The van der Waals surface area contributed by atoms with Crippen molar-refractivity contribution in [1.29, 1.82) is 0 Å². The molecule has 0 unspecified atom stereocenters. The van der Waals surface area contributed by atoms with Gasteiger partial charge in [0.25, 0.3) is 11.7 Å². The Bertz CT molecular complexity index is 770. The zero-order chi connectivity index (χ0) is 15.0. The first-order valence-electron chi connectivity index (χ1n) is 6.64. The topological polar surface area (TPSA) is 102 Å². The summed E-state index contributed by atoms with van der Waals surface area (Å²) in [5.41, 5.74) is 0.676. The van der Waals surface area contributed by atoms with Gasteiger partial charge in [0, 0.05) is 24.4 Å². The van der Waals surface area contributed by atoms with Gasteiger partial charge in [0.15, 0.2) is 5.82 Å². The van der Waals surface area contributed by atoms with Crippen LogP contribution < -0.4 is 0 Å². The van der Waals surface area contributed by atoms with Gasteiger partial charge in [-0.25, -0.2) is 9.50 Å². The largest absolute Gasteiger partial charge is 0.396 e. The van der Waals surface area contributed by atoms with E-state index in [9.17, 15) is 0 Å². The van der Waals surface area contributed by atoms with E-state index in [0.29, 0.717) is 23.8 Å². The van der Waals surface area contributed by atoms with Crippen molar-refractivity contribution in [3.05, 3.63) is 23.8 Å². The third kappa shape index (κ3) is 2.62. The van der Waals surface area contributed by atoms with Crippen LogP contribution in [0.1, 0.15) is 32.2 Å². The summed E-state index contributed by atoms with van der Waals surface area (Å²) in [6.07, 6.45) is 3.96. The molecule has 0 saturated heterocycles. The van der Waals surface area contributed by atoms with E-state index in [4.69, 9.17) is 9.63 Å². The molecule has 3 aromatic heterocycles. The number of aliphatic hydroxyl groups is 1. The summed E-state index contributed by atoms with van der Waals surface area (Å²) in [6, 6.07) is 0. The van der Waals surface area contributed by atoms with Crippen LogP contribution in [0.2, 0.25) is 0 Å². The molecule has 3 aromatic rings. The number of fused-ring (bicyclic) bond motifs is 1. The molecule has 21 heavy (non-hydrogen) atoms. The van der Waals surface area contributed by atoms with E-state index < -0.39 is 0 Å². The van der Waals surface area contributed by atoms with Crippen LogP contribution in [0.5, 0.6) is 0 Å². The highest BCUT2D eigenvalue weighted by Crippen LogP contribution is 2.21. The fourth-order valence-electron chi connectivity index (χ4n) is 1.79. The molecule has 0 aliphatic rings. The van der Waals surface area contributed by atoms with Gasteiger partial charge in [-0.3, -0.25) is 0 Å². The van der Waals surface area contributed by atoms with Gasteiger partial charge in [0.1, 0.15) is 0 Å². The van der Waals surface area contributed by atoms with Crippen molar-refractivity contribution in [2.45, 2.75) is 32.6 Å². The highest BCUT2D eigenvalue weighted by Gasteiger charge is 2.23. The molecule has 3 rings (SSSR count). The van der Waals surface area contributed by atoms with Gasteiger partial charge in [-0.05, 0) is 12.0 Å². The summed E-state index contributed by atoms with van der Waals surface area (Å²) >= 11 is 0. The lowest BCUT2D eigenvalue weighted by atomic mass is 9.96. The predicted octanol–water partition coefficient (Wildman–Crippen LogP) is 1.01. The molecular formula is C13H16N6O2. The van der Waals surface area contributed by atoms with E-state index in [1.807, 2.05) is 20.8 Å². The minimum absolute atomic E-state index is 0.0628. The fraction of sp³-hybridized carbons (Fsp3) is 0.462. The minimum atomic E-state index is -0.201. The molecule has 0 bridgehead atoms. The lowest BCUT2D eigenvalue weighted by Crippen LogP contribution is -2.13. The van der Waals surface area contributed by atoms with Crippen molar-refractivity contribution in [2.75, 3.05) is 6.61 Å². The average molecular weight is 288 g/mol. The van der Waals surface area contributed by atoms with E-state index in [1.165, 1.54) is 0 Å². The number of nitrogens with zero attached hydrogens (tertiary/aromatic N) is 6. The zero-order valence-corrected chi connectivity index (χ0v) is 12.1. The number of rotatable bonds is 3. The molecule has 3 heterocycles. The van der Waals surface area contributed by atoms with Gasteiger partial charge in [0.05, 0.1) is 0 Å². The Kier molecular flexibility index (Phi) is 3.17. The third-order valence-corrected chi connectivity index (χ3v) is 2.94. The molecule has 110 valence electrons. The summed E-state index contributed by atoms with van der Waals surface area (Å²) in [6.45, 7) is 6.07. The number of aromatic nitrogens is 6. The van der Waals surface area contributed by atoms with Gasteiger partial charge in [-0.1, -0.05) is 25.9 Å². The number of aliphatic hydroxyl groups excluding tert-OH is 1. The molecule has 0 aliphatic heterocycles. The molecule has 0 aliphatic carbocycles. The van der Waals surface area contributed by atoms with Gasteiger partial charge >= 0.3 is 0 Å². The van der Waals surface area contributed by atoms with Crippen LogP contribution in [-0.4, -0.2) is 41.4 Å². The standard InChI is InChI=1S/C13H16N6O2/c1-13(2,3)11-16-10(21-18-11)9-15-12-14-6-8(4-5-20)7-19(12)17-9/h6-7,20H,4-5H2,1-3H3. The molecule has 0 amide bonds. The molecule has 0 fully saturated rings. The molecule has 0 spiro atoms. The zero-order valence-electron chi connectivity index (χ0n) is 12.1. The Morgan fingerprint density at radius 2 is 2.10 bits per heavy atom. The Hall–Kier alpha value is -2.35. The van der Waals surface area contributed by atoms with Crippen molar-refractivity contribution in [3.63, 3.8) is 0 Å².